The van der Waals surface area contributed by atoms with Crippen molar-refractivity contribution in [3.8, 4) is 0 Å². The lowest BCUT2D eigenvalue weighted by Gasteiger charge is -2.07. The molecule has 3 nitrogen and oxygen atoms in total. The number of aryl methyl sites for hydroxylation is 3. The molecule has 0 aliphatic rings. The molecule has 0 fully saturated rings. The fourth-order valence-electron chi connectivity index (χ4n) is 2.45. The number of benzene rings is 1. The Morgan fingerprint density at radius 3 is 2.90 bits per heavy atom. The minimum atomic E-state index is 0.407. The van der Waals surface area contributed by atoms with Crippen LogP contribution in [0.15, 0.2) is 42.6 Å². The second-order valence-electron chi connectivity index (χ2n) is 4.90. The molecular weight excluding hydrogens is 270 g/mol. The topological polar surface area (TPSA) is 30.7 Å². The van der Waals surface area contributed by atoms with Crippen LogP contribution in [0.1, 0.15) is 17.0 Å². The smallest absolute Gasteiger partial charge is 0.160 e. The summed E-state index contributed by atoms with van der Waals surface area (Å²) in [7, 11) is 0. The van der Waals surface area contributed by atoms with Crippen molar-refractivity contribution < 1.29 is 0 Å². The molecule has 4 heteroatoms. The molecule has 20 heavy (non-hydrogen) atoms. The standard InChI is InChI=1S/C16H16ClN3/c1-12-4-2-5-13(10-12)7-9-20-15(11-17)19-14-6-3-8-18-16(14)20/h2-6,8,10H,7,9,11H2,1H3. The molecule has 0 saturated heterocycles. The first-order chi connectivity index (χ1) is 9.78. The third kappa shape index (κ3) is 2.54. The van der Waals surface area contributed by atoms with E-state index in [-0.39, 0.29) is 0 Å². The Labute approximate surface area is 123 Å². The van der Waals surface area contributed by atoms with E-state index in [0.717, 1.165) is 30.0 Å². The highest BCUT2D eigenvalue weighted by atomic mass is 35.5. The number of hydrogen-bond donors (Lipinski definition) is 0. The number of halogens is 1. The van der Waals surface area contributed by atoms with Crippen LogP contribution in [0.2, 0.25) is 0 Å². The summed E-state index contributed by atoms with van der Waals surface area (Å²) >= 11 is 6.00. The van der Waals surface area contributed by atoms with Gasteiger partial charge >= 0.3 is 0 Å². The molecule has 0 aliphatic carbocycles. The van der Waals surface area contributed by atoms with Gasteiger partial charge in [-0.3, -0.25) is 0 Å². The summed E-state index contributed by atoms with van der Waals surface area (Å²) < 4.78 is 2.12. The lowest BCUT2D eigenvalue weighted by Crippen LogP contribution is -2.06. The zero-order valence-corrected chi connectivity index (χ0v) is 12.1. The van der Waals surface area contributed by atoms with Crippen LogP contribution >= 0.6 is 11.6 Å². The van der Waals surface area contributed by atoms with E-state index in [1.54, 1.807) is 6.20 Å². The summed E-state index contributed by atoms with van der Waals surface area (Å²) in [6.07, 6.45) is 2.75. The Bertz CT molecular complexity index is 733. The van der Waals surface area contributed by atoms with Gasteiger partial charge in [-0.05, 0) is 31.0 Å². The largest absolute Gasteiger partial charge is 0.311 e. The number of hydrogen-bond acceptors (Lipinski definition) is 2. The van der Waals surface area contributed by atoms with Crippen LogP contribution in [0.4, 0.5) is 0 Å². The summed E-state index contributed by atoms with van der Waals surface area (Å²) in [5.41, 5.74) is 4.43. The van der Waals surface area contributed by atoms with Crippen molar-refractivity contribution in [1.82, 2.24) is 14.5 Å². The van der Waals surface area contributed by atoms with Crippen molar-refractivity contribution >= 4 is 22.8 Å². The van der Waals surface area contributed by atoms with Crippen LogP contribution in [0, 0.1) is 6.92 Å². The van der Waals surface area contributed by atoms with E-state index in [2.05, 4.69) is 45.7 Å². The zero-order valence-electron chi connectivity index (χ0n) is 11.4. The van der Waals surface area contributed by atoms with Gasteiger partial charge in [-0.15, -0.1) is 11.6 Å². The van der Waals surface area contributed by atoms with E-state index in [1.165, 1.54) is 11.1 Å². The highest BCUT2D eigenvalue weighted by Gasteiger charge is 2.10. The van der Waals surface area contributed by atoms with Crippen molar-refractivity contribution in [1.29, 1.82) is 0 Å². The average Bonchev–Trinajstić information content (AvgIpc) is 2.83. The molecule has 0 saturated carbocycles. The van der Waals surface area contributed by atoms with Gasteiger partial charge in [0.25, 0.3) is 0 Å². The Kier molecular flexibility index (Phi) is 3.70. The summed E-state index contributed by atoms with van der Waals surface area (Å²) in [6, 6.07) is 12.5. The second kappa shape index (κ2) is 5.63. The fourth-order valence-corrected chi connectivity index (χ4v) is 2.65. The molecule has 0 atom stereocenters. The SMILES string of the molecule is Cc1cccc(CCn2c(CCl)nc3cccnc32)c1. The van der Waals surface area contributed by atoms with Crippen molar-refractivity contribution in [2.24, 2.45) is 0 Å². The quantitative estimate of drug-likeness (QED) is 0.684. The fraction of sp³-hybridized carbons (Fsp3) is 0.250. The summed E-state index contributed by atoms with van der Waals surface area (Å²) in [5.74, 6) is 1.29. The van der Waals surface area contributed by atoms with E-state index in [9.17, 15) is 0 Å². The summed E-state index contributed by atoms with van der Waals surface area (Å²) in [4.78, 5) is 8.95. The summed E-state index contributed by atoms with van der Waals surface area (Å²) in [6.45, 7) is 2.96. The molecule has 0 bridgehead atoms. The van der Waals surface area contributed by atoms with Gasteiger partial charge in [0.2, 0.25) is 0 Å². The molecular formula is C16H16ClN3. The van der Waals surface area contributed by atoms with Gasteiger partial charge in [0.15, 0.2) is 5.65 Å². The van der Waals surface area contributed by atoms with Gasteiger partial charge in [0.05, 0.1) is 5.88 Å². The molecule has 0 amide bonds. The Hall–Kier alpha value is -1.87. The lowest BCUT2D eigenvalue weighted by molar-refractivity contribution is 0.682. The molecule has 2 aromatic heterocycles. The van der Waals surface area contributed by atoms with Crippen molar-refractivity contribution in [3.63, 3.8) is 0 Å². The van der Waals surface area contributed by atoms with Crippen LogP contribution < -0.4 is 0 Å². The van der Waals surface area contributed by atoms with E-state index in [0.29, 0.717) is 5.88 Å². The molecule has 2 heterocycles. The van der Waals surface area contributed by atoms with Crippen molar-refractivity contribution in [3.05, 3.63) is 59.5 Å². The van der Waals surface area contributed by atoms with Gasteiger partial charge in [0.1, 0.15) is 11.3 Å². The van der Waals surface area contributed by atoms with Gasteiger partial charge < -0.3 is 4.57 Å². The lowest BCUT2D eigenvalue weighted by atomic mass is 10.1. The number of alkyl halides is 1. The van der Waals surface area contributed by atoms with Crippen molar-refractivity contribution in [2.45, 2.75) is 25.8 Å². The molecule has 0 aliphatic heterocycles. The maximum absolute atomic E-state index is 6.00. The average molecular weight is 286 g/mol. The van der Waals surface area contributed by atoms with Gasteiger partial charge in [-0.2, -0.15) is 0 Å². The number of rotatable bonds is 4. The number of imidazole rings is 1. The highest BCUT2D eigenvalue weighted by molar-refractivity contribution is 6.16. The normalized spacial score (nSPS) is 11.1. The molecule has 102 valence electrons. The monoisotopic (exact) mass is 285 g/mol. The maximum atomic E-state index is 6.00. The van der Waals surface area contributed by atoms with Crippen LogP contribution in [0.3, 0.4) is 0 Å². The van der Waals surface area contributed by atoms with Crippen LogP contribution in [0.25, 0.3) is 11.2 Å². The maximum Gasteiger partial charge on any atom is 0.160 e. The second-order valence-corrected chi connectivity index (χ2v) is 5.17. The van der Waals surface area contributed by atoms with E-state index in [4.69, 9.17) is 11.6 Å². The highest BCUT2D eigenvalue weighted by Crippen LogP contribution is 2.16. The minimum Gasteiger partial charge on any atom is -0.311 e. The number of pyridine rings is 1. The Balaban J connectivity index is 1.90. The molecule has 3 aromatic rings. The third-order valence-corrected chi connectivity index (χ3v) is 3.65. The first-order valence-corrected chi connectivity index (χ1v) is 7.23. The van der Waals surface area contributed by atoms with Gasteiger partial charge in [-0.25, -0.2) is 9.97 Å². The first kappa shape index (κ1) is 13.1. The zero-order chi connectivity index (χ0) is 13.9. The molecule has 0 N–H and O–H groups in total. The Morgan fingerprint density at radius 1 is 1.20 bits per heavy atom. The predicted octanol–water partition coefficient (Wildman–Crippen LogP) is 3.72. The number of aromatic nitrogens is 3. The number of fused-ring (bicyclic) bond motifs is 1. The molecule has 0 radical (unpaired) electrons. The predicted molar refractivity (Wildman–Crippen MR) is 82.0 cm³/mol. The Morgan fingerprint density at radius 2 is 2.10 bits per heavy atom. The van der Waals surface area contributed by atoms with Crippen LogP contribution in [0.5, 0.6) is 0 Å². The first-order valence-electron chi connectivity index (χ1n) is 6.69. The third-order valence-electron chi connectivity index (χ3n) is 3.41. The number of nitrogens with zero attached hydrogens (tertiary/aromatic N) is 3. The van der Waals surface area contributed by atoms with E-state index < -0.39 is 0 Å². The van der Waals surface area contributed by atoms with E-state index >= 15 is 0 Å². The van der Waals surface area contributed by atoms with Crippen molar-refractivity contribution in [2.75, 3.05) is 0 Å². The summed E-state index contributed by atoms with van der Waals surface area (Å²) in [5, 5.41) is 0. The van der Waals surface area contributed by atoms with Crippen LogP contribution in [-0.4, -0.2) is 14.5 Å². The van der Waals surface area contributed by atoms with Crippen LogP contribution in [-0.2, 0) is 18.8 Å². The molecule has 1 aromatic carbocycles. The molecule has 3 rings (SSSR count). The van der Waals surface area contributed by atoms with Gasteiger partial charge in [-0.1, -0.05) is 29.8 Å². The molecule has 0 spiro atoms. The van der Waals surface area contributed by atoms with E-state index in [1.807, 2.05) is 12.1 Å². The molecule has 0 unspecified atom stereocenters. The van der Waals surface area contributed by atoms with Gasteiger partial charge in [0, 0.05) is 12.7 Å². The minimum absolute atomic E-state index is 0.407.